The van der Waals surface area contributed by atoms with E-state index >= 15 is 0 Å². The lowest BCUT2D eigenvalue weighted by atomic mass is 10.1. The van der Waals surface area contributed by atoms with Crippen molar-refractivity contribution in [3.63, 3.8) is 0 Å². The summed E-state index contributed by atoms with van der Waals surface area (Å²) in [5, 5.41) is 10.3. The summed E-state index contributed by atoms with van der Waals surface area (Å²) in [5.74, 6) is 0. The van der Waals surface area contributed by atoms with Gasteiger partial charge < -0.3 is 10.0 Å². The summed E-state index contributed by atoms with van der Waals surface area (Å²) in [4.78, 5) is 7.40. The molecule has 0 bridgehead atoms. The predicted octanol–water partition coefficient (Wildman–Crippen LogP) is 3.13. The van der Waals surface area contributed by atoms with Gasteiger partial charge in [0, 0.05) is 24.1 Å². The van der Waals surface area contributed by atoms with E-state index in [1.807, 2.05) is 43.3 Å². The third kappa shape index (κ3) is 2.68. The number of rotatable bonds is 3. The molecule has 90 valence electrons. The molecule has 2 aromatic rings. The molecule has 1 aromatic carbocycles. The van der Waals surface area contributed by atoms with E-state index in [1.54, 1.807) is 0 Å². The molecular weight excluding hydrogens is 300 g/mol. The highest BCUT2D eigenvalue weighted by atomic mass is 79.9. The van der Waals surface area contributed by atoms with Gasteiger partial charge in [0.25, 0.3) is 0 Å². The maximum atomic E-state index is 9.37. The Balaban J connectivity index is 2.46. The summed E-state index contributed by atoms with van der Waals surface area (Å²) in [5.41, 5.74) is 1.90. The van der Waals surface area contributed by atoms with Crippen LogP contribution in [-0.4, -0.2) is 24.2 Å². The van der Waals surface area contributed by atoms with E-state index in [2.05, 4.69) is 20.9 Å². The van der Waals surface area contributed by atoms with Gasteiger partial charge in [-0.3, -0.25) is 0 Å². The van der Waals surface area contributed by atoms with Crippen LogP contribution in [0.15, 0.2) is 28.7 Å². The van der Waals surface area contributed by atoms with Crippen molar-refractivity contribution >= 4 is 32.4 Å². The lowest BCUT2D eigenvalue weighted by Crippen LogP contribution is -2.07. The first-order chi connectivity index (χ1) is 8.11. The van der Waals surface area contributed by atoms with E-state index < -0.39 is 0 Å². The van der Waals surface area contributed by atoms with Crippen molar-refractivity contribution in [2.45, 2.75) is 6.61 Å². The fourth-order valence-corrected chi connectivity index (χ4v) is 2.60. The maximum absolute atomic E-state index is 9.37. The van der Waals surface area contributed by atoms with Gasteiger partial charge in [0.2, 0.25) is 0 Å². The molecule has 0 unspecified atom stereocenters. The van der Waals surface area contributed by atoms with Crippen molar-refractivity contribution in [1.29, 1.82) is 0 Å². The van der Waals surface area contributed by atoms with Crippen LogP contribution in [0.1, 0.15) is 4.88 Å². The van der Waals surface area contributed by atoms with Crippen LogP contribution >= 0.6 is 27.3 Å². The predicted molar refractivity (Wildman–Crippen MR) is 75.5 cm³/mol. The van der Waals surface area contributed by atoms with Crippen LogP contribution in [0, 0.1) is 0 Å². The lowest BCUT2D eigenvalue weighted by Gasteiger charge is -2.05. The highest BCUT2D eigenvalue weighted by Crippen LogP contribution is 2.32. The Bertz CT molecular complexity index is 508. The number of aliphatic hydroxyl groups is 1. The fraction of sp³-hybridized carbons (Fsp3) is 0.250. The Morgan fingerprint density at radius 1 is 1.29 bits per heavy atom. The van der Waals surface area contributed by atoms with Gasteiger partial charge in [0.05, 0.1) is 17.2 Å². The van der Waals surface area contributed by atoms with E-state index in [0.717, 1.165) is 25.7 Å². The zero-order valence-electron chi connectivity index (χ0n) is 9.64. The van der Waals surface area contributed by atoms with Crippen LogP contribution in [0.25, 0.3) is 11.3 Å². The zero-order valence-corrected chi connectivity index (χ0v) is 12.0. The van der Waals surface area contributed by atoms with Crippen molar-refractivity contribution in [3.8, 4) is 11.3 Å². The number of hydrogen-bond acceptors (Lipinski definition) is 4. The summed E-state index contributed by atoms with van der Waals surface area (Å²) >= 11 is 4.93. The van der Waals surface area contributed by atoms with Gasteiger partial charge >= 0.3 is 0 Å². The maximum Gasteiger partial charge on any atom is 0.185 e. The summed E-state index contributed by atoms with van der Waals surface area (Å²) < 4.78 is 1.04. The van der Waals surface area contributed by atoms with Gasteiger partial charge in [-0.05, 0) is 12.1 Å². The third-order valence-corrected chi connectivity index (χ3v) is 4.07. The fourth-order valence-electron chi connectivity index (χ4n) is 1.47. The Morgan fingerprint density at radius 2 is 1.94 bits per heavy atom. The highest BCUT2D eigenvalue weighted by Gasteiger charge is 2.13. The van der Waals surface area contributed by atoms with Crippen molar-refractivity contribution in [2.75, 3.05) is 19.0 Å². The Labute approximate surface area is 113 Å². The summed E-state index contributed by atoms with van der Waals surface area (Å²) in [6.07, 6.45) is 0. The molecule has 0 aliphatic heterocycles. The number of aliphatic hydroxyl groups excluding tert-OH is 1. The minimum absolute atomic E-state index is 0.0247. The Kier molecular flexibility index (Phi) is 3.81. The van der Waals surface area contributed by atoms with E-state index in [9.17, 15) is 5.11 Å². The first-order valence-electron chi connectivity index (χ1n) is 5.15. The number of anilines is 1. The minimum Gasteiger partial charge on any atom is -0.391 e. The standard InChI is InChI=1S/C12H13BrN2OS/c1-15(2)12-14-11(10(7-16)17-12)8-3-5-9(13)6-4-8/h3-6,16H,7H2,1-2H3. The molecular formula is C12H13BrN2OS. The summed E-state index contributed by atoms with van der Waals surface area (Å²) in [7, 11) is 3.90. The van der Waals surface area contributed by atoms with Crippen molar-refractivity contribution in [1.82, 2.24) is 4.98 Å². The van der Waals surface area contributed by atoms with Crippen LogP contribution in [0.3, 0.4) is 0 Å². The smallest absolute Gasteiger partial charge is 0.185 e. The minimum atomic E-state index is 0.0247. The molecule has 5 heteroatoms. The second-order valence-electron chi connectivity index (χ2n) is 3.83. The van der Waals surface area contributed by atoms with Crippen LogP contribution < -0.4 is 4.90 Å². The van der Waals surface area contributed by atoms with Gasteiger partial charge in [-0.1, -0.05) is 39.4 Å². The number of hydrogen-bond donors (Lipinski definition) is 1. The Hall–Kier alpha value is -0.910. The number of nitrogens with zero attached hydrogens (tertiary/aromatic N) is 2. The first-order valence-corrected chi connectivity index (χ1v) is 6.76. The van der Waals surface area contributed by atoms with E-state index in [-0.39, 0.29) is 6.61 Å². The lowest BCUT2D eigenvalue weighted by molar-refractivity contribution is 0.286. The monoisotopic (exact) mass is 312 g/mol. The molecule has 0 radical (unpaired) electrons. The Morgan fingerprint density at radius 3 is 2.47 bits per heavy atom. The van der Waals surface area contributed by atoms with Crippen LogP contribution in [0.2, 0.25) is 0 Å². The van der Waals surface area contributed by atoms with Gasteiger partial charge in [-0.15, -0.1) is 0 Å². The highest BCUT2D eigenvalue weighted by molar-refractivity contribution is 9.10. The number of halogens is 1. The molecule has 1 aromatic heterocycles. The van der Waals surface area contributed by atoms with Gasteiger partial charge in [-0.2, -0.15) is 0 Å². The molecule has 0 fully saturated rings. The van der Waals surface area contributed by atoms with Crippen LogP contribution in [-0.2, 0) is 6.61 Å². The second-order valence-corrected chi connectivity index (χ2v) is 5.81. The molecule has 1 N–H and O–H groups in total. The van der Waals surface area contributed by atoms with Crippen LogP contribution in [0.4, 0.5) is 5.13 Å². The van der Waals surface area contributed by atoms with Crippen molar-refractivity contribution < 1.29 is 5.11 Å². The number of benzene rings is 1. The molecule has 0 atom stereocenters. The topological polar surface area (TPSA) is 36.4 Å². The molecule has 0 aliphatic rings. The third-order valence-electron chi connectivity index (χ3n) is 2.33. The molecule has 2 rings (SSSR count). The van der Waals surface area contributed by atoms with Crippen molar-refractivity contribution in [2.24, 2.45) is 0 Å². The largest absolute Gasteiger partial charge is 0.391 e. The van der Waals surface area contributed by atoms with Gasteiger partial charge in [0.15, 0.2) is 5.13 Å². The molecule has 0 spiro atoms. The number of thiazole rings is 1. The molecule has 1 heterocycles. The normalized spacial score (nSPS) is 10.6. The SMILES string of the molecule is CN(C)c1nc(-c2ccc(Br)cc2)c(CO)s1. The summed E-state index contributed by atoms with van der Waals surface area (Å²) in [6, 6.07) is 7.95. The molecule has 3 nitrogen and oxygen atoms in total. The molecule has 0 amide bonds. The number of aromatic nitrogens is 1. The molecule has 17 heavy (non-hydrogen) atoms. The molecule has 0 saturated carbocycles. The zero-order chi connectivity index (χ0) is 12.4. The first kappa shape index (κ1) is 12.5. The van der Waals surface area contributed by atoms with Gasteiger partial charge in [-0.25, -0.2) is 4.98 Å². The molecule has 0 aliphatic carbocycles. The average Bonchev–Trinajstić information content (AvgIpc) is 2.74. The van der Waals surface area contributed by atoms with Crippen molar-refractivity contribution in [3.05, 3.63) is 33.6 Å². The molecule has 0 saturated heterocycles. The van der Waals surface area contributed by atoms with E-state index in [0.29, 0.717) is 0 Å². The summed E-state index contributed by atoms with van der Waals surface area (Å²) in [6.45, 7) is 0.0247. The quantitative estimate of drug-likeness (QED) is 0.946. The van der Waals surface area contributed by atoms with Crippen LogP contribution in [0.5, 0.6) is 0 Å². The second kappa shape index (κ2) is 5.16. The average molecular weight is 313 g/mol. The van der Waals surface area contributed by atoms with E-state index in [4.69, 9.17) is 0 Å². The van der Waals surface area contributed by atoms with Gasteiger partial charge in [0.1, 0.15) is 0 Å². The van der Waals surface area contributed by atoms with E-state index in [1.165, 1.54) is 11.3 Å².